The fourth-order valence-corrected chi connectivity index (χ4v) is 2.47. The molecule has 0 fully saturated rings. The van der Waals surface area contributed by atoms with Crippen LogP contribution in [0.1, 0.15) is 26.0 Å². The van der Waals surface area contributed by atoms with E-state index in [-0.39, 0.29) is 5.41 Å². The average molecular weight is 282 g/mol. The molecule has 0 radical (unpaired) electrons. The van der Waals surface area contributed by atoms with Crippen LogP contribution in [0.3, 0.4) is 0 Å². The van der Waals surface area contributed by atoms with Gasteiger partial charge in [-0.25, -0.2) is 4.98 Å². The molecule has 0 aliphatic heterocycles. The molecule has 0 bridgehead atoms. The third-order valence-electron chi connectivity index (χ3n) is 3.11. The highest BCUT2D eigenvalue weighted by atomic mass is 16.5. The Hall–Kier alpha value is -1.07. The van der Waals surface area contributed by atoms with Gasteiger partial charge in [-0.15, -0.1) is 0 Å². The van der Waals surface area contributed by atoms with Gasteiger partial charge in [-0.3, -0.25) is 0 Å². The number of anilines is 1. The Kier molecular flexibility index (Phi) is 6.49. The molecular formula is C15H30N4O. The Labute approximate surface area is 123 Å². The Morgan fingerprint density at radius 2 is 2.10 bits per heavy atom. The number of aryl methyl sites for hydroxylation is 2. The average Bonchev–Trinajstić information content (AvgIpc) is 2.66. The fraction of sp³-hybridized carbons (Fsp3) is 0.800. The molecule has 5 heteroatoms. The minimum absolute atomic E-state index is 0.209. The summed E-state index contributed by atoms with van der Waals surface area (Å²) in [4.78, 5) is 6.79. The first kappa shape index (κ1) is 17.0. The van der Waals surface area contributed by atoms with Gasteiger partial charge in [0, 0.05) is 39.5 Å². The second-order valence-electron chi connectivity index (χ2n) is 6.50. The van der Waals surface area contributed by atoms with Crippen molar-refractivity contribution >= 4 is 5.95 Å². The third-order valence-corrected chi connectivity index (χ3v) is 3.11. The van der Waals surface area contributed by atoms with Gasteiger partial charge in [0.15, 0.2) is 0 Å². The number of ether oxygens (including phenoxy) is 1. The summed E-state index contributed by atoms with van der Waals surface area (Å²) in [5.41, 5.74) is 1.26. The second kappa shape index (κ2) is 7.64. The zero-order chi connectivity index (χ0) is 15.2. The molecule has 0 aromatic carbocycles. The number of hydrogen-bond acceptors (Lipinski definition) is 4. The Morgan fingerprint density at radius 3 is 2.70 bits per heavy atom. The summed E-state index contributed by atoms with van der Waals surface area (Å²) in [5, 5.41) is 3.49. The summed E-state index contributed by atoms with van der Waals surface area (Å²) in [6.07, 6.45) is 3.10. The van der Waals surface area contributed by atoms with Crippen molar-refractivity contribution < 1.29 is 4.74 Å². The molecular weight excluding hydrogens is 252 g/mol. The quantitative estimate of drug-likeness (QED) is 0.705. The maximum atomic E-state index is 5.11. The maximum absolute atomic E-state index is 5.11. The lowest BCUT2D eigenvalue weighted by molar-refractivity contribution is 0.190. The van der Waals surface area contributed by atoms with E-state index in [1.54, 1.807) is 7.11 Å². The van der Waals surface area contributed by atoms with Crippen molar-refractivity contribution in [2.24, 2.45) is 5.41 Å². The van der Waals surface area contributed by atoms with Crippen molar-refractivity contribution in [2.45, 2.75) is 33.7 Å². The molecule has 0 saturated heterocycles. The van der Waals surface area contributed by atoms with Crippen LogP contribution in [0.4, 0.5) is 5.95 Å². The Morgan fingerprint density at radius 1 is 1.40 bits per heavy atom. The molecule has 1 rings (SSSR count). The number of nitrogens with one attached hydrogen (secondary N) is 1. The minimum atomic E-state index is 0.209. The monoisotopic (exact) mass is 282 g/mol. The molecule has 116 valence electrons. The first-order valence-electron chi connectivity index (χ1n) is 7.25. The van der Waals surface area contributed by atoms with Crippen molar-refractivity contribution in [3.63, 3.8) is 0 Å². The normalized spacial score (nSPS) is 12.2. The van der Waals surface area contributed by atoms with Crippen molar-refractivity contribution in [3.05, 3.63) is 11.9 Å². The first-order valence-corrected chi connectivity index (χ1v) is 7.25. The maximum Gasteiger partial charge on any atom is 0.203 e. The van der Waals surface area contributed by atoms with Gasteiger partial charge in [-0.1, -0.05) is 13.8 Å². The molecule has 0 unspecified atom stereocenters. The van der Waals surface area contributed by atoms with E-state index in [1.807, 2.05) is 6.92 Å². The van der Waals surface area contributed by atoms with E-state index in [9.17, 15) is 0 Å². The van der Waals surface area contributed by atoms with Crippen LogP contribution in [-0.4, -0.2) is 55.4 Å². The van der Waals surface area contributed by atoms with E-state index >= 15 is 0 Å². The Balaban J connectivity index is 2.58. The van der Waals surface area contributed by atoms with Crippen LogP contribution in [0.15, 0.2) is 6.20 Å². The molecule has 0 spiro atoms. The van der Waals surface area contributed by atoms with Crippen molar-refractivity contribution in [3.8, 4) is 0 Å². The number of hydrogen-bond donors (Lipinski definition) is 1. The fourth-order valence-electron chi connectivity index (χ4n) is 2.47. The molecule has 1 heterocycles. The highest BCUT2D eigenvalue weighted by molar-refractivity contribution is 5.29. The van der Waals surface area contributed by atoms with Gasteiger partial charge >= 0.3 is 0 Å². The summed E-state index contributed by atoms with van der Waals surface area (Å²) < 4.78 is 7.29. The van der Waals surface area contributed by atoms with Crippen LogP contribution in [0.2, 0.25) is 0 Å². The lowest BCUT2D eigenvalue weighted by atomic mass is 9.93. The van der Waals surface area contributed by atoms with E-state index in [1.165, 1.54) is 0 Å². The van der Waals surface area contributed by atoms with Gasteiger partial charge in [0.25, 0.3) is 0 Å². The highest BCUT2D eigenvalue weighted by Gasteiger charge is 2.19. The van der Waals surface area contributed by atoms with Crippen molar-refractivity contribution in [1.29, 1.82) is 0 Å². The molecule has 1 N–H and O–H groups in total. The molecule has 5 nitrogen and oxygen atoms in total. The van der Waals surface area contributed by atoms with Gasteiger partial charge in [-0.2, -0.15) is 0 Å². The summed E-state index contributed by atoms with van der Waals surface area (Å²) in [7, 11) is 5.96. The van der Waals surface area contributed by atoms with Crippen LogP contribution in [0.5, 0.6) is 0 Å². The largest absolute Gasteiger partial charge is 0.385 e. The number of rotatable bonds is 9. The van der Waals surface area contributed by atoms with Gasteiger partial charge < -0.3 is 19.5 Å². The van der Waals surface area contributed by atoms with Gasteiger partial charge in [0.05, 0.1) is 5.69 Å². The van der Waals surface area contributed by atoms with Crippen molar-refractivity contribution in [1.82, 2.24) is 14.5 Å². The van der Waals surface area contributed by atoms with Crippen LogP contribution in [-0.2, 0) is 11.3 Å². The van der Waals surface area contributed by atoms with Crippen LogP contribution in [0, 0.1) is 12.3 Å². The molecule has 1 aromatic heterocycles. The second-order valence-corrected chi connectivity index (χ2v) is 6.50. The van der Waals surface area contributed by atoms with Gasteiger partial charge in [0.2, 0.25) is 5.95 Å². The molecule has 0 saturated carbocycles. The summed E-state index contributed by atoms with van der Waals surface area (Å²) >= 11 is 0. The highest BCUT2D eigenvalue weighted by Crippen LogP contribution is 2.18. The molecule has 0 aliphatic rings. The van der Waals surface area contributed by atoms with Crippen molar-refractivity contribution in [2.75, 3.05) is 46.2 Å². The standard InChI is InChI=1S/C15H30N4O/c1-13-10-19(8-7-9-20-6)14(17-13)16-11-15(2,3)12-18(4)5/h10H,7-9,11-12H2,1-6H3,(H,16,17). The van der Waals surface area contributed by atoms with E-state index < -0.39 is 0 Å². The van der Waals surface area contributed by atoms with E-state index in [4.69, 9.17) is 4.74 Å². The molecule has 0 atom stereocenters. The molecule has 0 amide bonds. The topological polar surface area (TPSA) is 42.3 Å². The first-order chi connectivity index (χ1) is 9.34. The third kappa shape index (κ3) is 5.92. The summed E-state index contributed by atoms with van der Waals surface area (Å²) in [6, 6.07) is 0. The van der Waals surface area contributed by atoms with E-state index in [0.717, 1.165) is 44.3 Å². The van der Waals surface area contributed by atoms with Crippen LogP contribution >= 0.6 is 0 Å². The number of imidazole rings is 1. The Bertz CT molecular complexity index is 399. The van der Waals surface area contributed by atoms with E-state index in [0.29, 0.717) is 0 Å². The molecule has 0 aliphatic carbocycles. The number of nitrogens with zero attached hydrogens (tertiary/aromatic N) is 3. The molecule has 1 aromatic rings. The minimum Gasteiger partial charge on any atom is -0.385 e. The predicted molar refractivity (Wildman–Crippen MR) is 84.3 cm³/mol. The lowest BCUT2D eigenvalue weighted by Gasteiger charge is -2.28. The lowest BCUT2D eigenvalue weighted by Crippen LogP contribution is -2.34. The smallest absolute Gasteiger partial charge is 0.203 e. The summed E-state index contributed by atoms with van der Waals surface area (Å²) in [5.74, 6) is 0.963. The van der Waals surface area contributed by atoms with Gasteiger partial charge in [-0.05, 0) is 32.9 Å². The van der Waals surface area contributed by atoms with Gasteiger partial charge in [0.1, 0.15) is 0 Å². The zero-order valence-corrected chi connectivity index (χ0v) is 13.9. The predicted octanol–water partition coefficient (Wildman–Crippen LogP) is 2.23. The number of methoxy groups -OCH3 is 1. The number of aromatic nitrogens is 2. The van der Waals surface area contributed by atoms with Crippen LogP contribution < -0.4 is 5.32 Å². The SMILES string of the molecule is COCCCn1cc(C)nc1NCC(C)(C)CN(C)C. The van der Waals surface area contributed by atoms with E-state index in [2.05, 4.69) is 53.9 Å². The molecule has 20 heavy (non-hydrogen) atoms. The zero-order valence-electron chi connectivity index (χ0n) is 13.9. The summed E-state index contributed by atoms with van der Waals surface area (Å²) in [6.45, 7) is 10.2. The van der Waals surface area contributed by atoms with Crippen LogP contribution in [0.25, 0.3) is 0 Å².